The number of nitrogens with zero attached hydrogens (tertiary/aromatic N) is 4. The van der Waals surface area contributed by atoms with Crippen molar-refractivity contribution in [2.45, 2.75) is 0 Å². The van der Waals surface area contributed by atoms with Crippen LogP contribution in [0, 0.1) is 0 Å². The fourth-order valence-corrected chi connectivity index (χ4v) is 15.9. The number of hydrogen-bond acceptors (Lipinski definition) is 2. The van der Waals surface area contributed by atoms with E-state index in [1.807, 2.05) is 0 Å². The molecule has 0 saturated heterocycles. The first-order valence-corrected chi connectivity index (χ1v) is 23.6. The highest BCUT2D eigenvalue weighted by atomic mass is 28.3. The van der Waals surface area contributed by atoms with Gasteiger partial charge in [0, 0.05) is 54.8 Å². The molecule has 1 aliphatic heterocycles. The van der Waals surface area contributed by atoms with E-state index in [2.05, 4.69) is 240 Å². The van der Waals surface area contributed by atoms with E-state index in [9.17, 15) is 0 Å². The molecule has 0 amide bonds. The molecule has 4 nitrogen and oxygen atoms in total. The molecule has 0 radical (unpaired) electrons. The van der Waals surface area contributed by atoms with Crippen LogP contribution in [0.5, 0.6) is 0 Å². The van der Waals surface area contributed by atoms with Gasteiger partial charge >= 0.3 is 0 Å². The van der Waals surface area contributed by atoms with Crippen molar-refractivity contribution in [1.82, 2.24) is 19.1 Å². The summed E-state index contributed by atoms with van der Waals surface area (Å²) in [6.07, 6.45) is 0. The quantitative estimate of drug-likeness (QED) is 0.157. The van der Waals surface area contributed by atoms with E-state index in [0.29, 0.717) is 0 Å². The maximum absolute atomic E-state index is 5.59. The molecule has 1 aliphatic rings. The van der Waals surface area contributed by atoms with Gasteiger partial charge in [-0.2, -0.15) is 0 Å². The van der Waals surface area contributed by atoms with Gasteiger partial charge in [0.05, 0.1) is 33.5 Å². The summed E-state index contributed by atoms with van der Waals surface area (Å²) in [4.78, 5) is 11.2. The molecule has 0 atom stereocenters. The molecule has 0 N–H and O–H groups in total. The van der Waals surface area contributed by atoms with Crippen LogP contribution in [0.15, 0.2) is 231 Å². The van der Waals surface area contributed by atoms with Gasteiger partial charge in [0.2, 0.25) is 0 Å². The van der Waals surface area contributed by atoms with Gasteiger partial charge in [-0.15, -0.1) is 0 Å². The zero-order valence-electron chi connectivity index (χ0n) is 34.2. The highest BCUT2D eigenvalue weighted by Crippen LogP contribution is 2.43. The van der Waals surface area contributed by atoms with Crippen molar-refractivity contribution >= 4 is 72.4 Å². The number of fused-ring (bicyclic) bond motifs is 10. The summed E-state index contributed by atoms with van der Waals surface area (Å²) >= 11 is 0. The van der Waals surface area contributed by atoms with Crippen molar-refractivity contribution < 1.29 is 0 Å². The lowest BCUT2D eigenvalue weighted by Gasteiger charge is -2.32. The van der Waals surface area contributed by atoms with Crippen LogP contribution in [0.2, 0.25) is 0 Å². The first kappa shape index (κ1) is 35.6. The molecule has 13 rings (SSSR count). The summed E-state index contributed by atoms with van der Waals surface area (Å²) in [5, 5.41) is 10.2. The van der Waals surface area contributed by atoms with E-state index in [1.54, 1.807) is 0 Å². The smallest absolute Gasteiger partial charge is 0.185 e. The Balaban J connectivity index is 1.15. The fourth-order valence-electron chi connectivity index (χ4n) is 10.6. The van der Waals surface area contributed by atoms with Crippen LogP contribution in [0.1, 0.15) is 0 Å². The molecule has 0 unspecified atom stereocenters. The minimum absolute atomic E-state index is 0.732. The van der Waals surface area contributed by atoms with Crippen molar-refractivity contribution in [3.8, 4) is 45.3 Å². The van der Waals surface area contributed by atoms with Crippen molar-refractivity contribution in [2.75, 3.05) is 0 Å². The standard InChI is InChI=1S/C58H38N4Si/c1-6-20-39(21-7-1)55-57-56(60-58(59-55)40-22-8-2-9-23-40)47-35-34-42(38-52(47)63(57,43-26-12-4-13-27-43)44-28-14-5-15-29-44)62-49-33-19-17-31-46(49)54-51(62)37-36-50-53(54)45-30-16-18-32-48(45)61(50)41-24-10-3-11-25-41/h1-38H. The zero-order chi connectivity index (χ0) is 41.5. The summed E-state index contributed by atoms with van der Waals surface area (Å²) in [5.41, 5.74) is 12.3. The van der Waals surface area contributed by atoms with Gasteiger partial charge in [0.25, 0.3) is 0 Å². The van der Waals surface area contributed by atoms with Gasteiger partial charge < -0.3 is 9.13 Å². The van der Waals surface area contributed by atoms with Crippen molar-refractivity contribution in [1.29, 1.82) is 0 Å². The number of para-hydroxylation sites is 3. The van der Waals surface area contributed by atoms with Crippen LogP contribution in [0.4, 0.5) is 0 Å². The van der Waals surface area contributed by atoms with E-state index in [1.165, 1.54) is 69.9 Å². The van der Waals surface area contributed by atoms with Crippen molar-refractivity contribution in [3.63, 3.8) is 0 Å². The van der Waals surface area contributed by atoms with Crippen LogP contribution >= 0.6 is 0 Å². The second kappa shape index (κ2) is 14.0. The minimum Gasteiger partial charge on any atom is -0.309 e. The Labute approximate surface area is 365 Å². The maximum Gasteiger partial charge on any atom is 0.185 e. The molecule has 3 aromatic heterocycles. The average molecular weight is 819 g/mol. The number of rotatable bonds is 6. The molecule has 294 valence electrons. The molecule has 0 bridgehead atoms. The summed E-state index contributed by atoms with van der Waals surface area (Å²) in [5.74, 6) is 0.732. The molecule has 0 spiro atoms. The van der Waals surface area contributed by atoms with Gasteiger partial charge in [-0.05, 0) is 64.1 Å². The largest absolute Gasteiger partial charge is 0.309 e. The molecule has 5 heteroatoms. The minimum atomic E-state index is -3.11. The van der Waals surface area contributed by atoms with E-state index < -0.39 is 8.07 Å². The highest BCUT2D eigenvalue weighted by molar-refractivity contribution is 7.22. The van der Waals surface area contributed by atoms with Gasteiger partial charge in [0.15, 0.2) is 13.9 Å². The first-order valence-electron chi connectivity index (χ1n) is 21.6. The third kappa shape index (κ3) is 5.14. The Kier molecular flexibility index (Phi) is 7.89. The third-order valence-electron chi connectivity index (χ3n) is 13.2. The monoisotopic (exact) mass is 818 g/mol. The number of hydrogen-bond donors (Lipinski definition) is 0. The van der Waals surface area contributed by atoms with Crippen LogP contribution in [0.3, 0.4) is 0 Å². The Morgan fingerprint density at radius 2 is 0.810 bits per heavy atom. The molecular formula is C58H38N4Si. The lowest BCUT2D eigenvalue weighted by Crippen LogP contribution is -2.73. The lowest BCUT2D eigenvalue weighted by molar-refractivity contribution is 1.17. The Hall–Kier alpha value is -8.12. The molecule has 0 fully saturated rings. The summed E-state index contributed by atoms with van der Waals surface area (Å²) < 4.78 is 4.91. The van der Waals surface area contributed by atoms with E-state index in [4.69, 9.17) is 9.97 Å². The van der Waals surface area contributed by atoms with Crippen LogP contribution in [-0.2, 0) is 0 Å². The predicted octanol–water partition coefficient (Wildman–Crippen LogP) is 11.4. The Morgan fingerprint density at radius 3 is 1.38 bits per heavy atom. The normalized spacial score (nSPS) is 12.9. The number of aromatic nitrogens is 4. The van der Waals surface area contributed by atoms with Gasteiger partial charge in [-0.25, -0.2) is 9.97 Å². The van der Waals surface area contributed by atoms with Crippen LogP contribution < -0.4 is 20.7 Å². The maximum atomic E-state index is 5.59. The van der Waals surface area contributed by atoms with Crippen molar-refractivity contribution in [2.24, 2.45) is 0 Å². The summed E-state index contributed by atoms with van der Waals surface area (Å²) in [6.45, 7) is 0. The second-order valence-corrected chi connectivity index (χ2v) is 20.2. The molecule has 0 aliphatic carbocycles. The predicted molar refractivity (Wildman–Crippen MR) is 264 cm³/mol. The summed E-state index contributed by atoms with van der Waals surface area (Å²) in [7, 11) is -3.11. The van der Waals surface area contributed by atoms with E-state index >= 15 is 0 Å². The zero-order valence-corrected chi connectivity index (χ0v) is 35.2. The lowest BCUT2D eigenvalue weighted by atomic mass is 10.1. The van der Waals surface area contributed by atoms with E-state index in [0.717, 1.165) is 39.7 Å². The second-order valence-electron chi connectivity index (χ2n) is 16.5. The van der Waals surface area contributed by atoms with Gasteiger partial charge in [0.1, 0.15) is 0 Å². The van der Waals surface area contributed by atoms with E-state index in [-0.39, 0.29) is 0 Å². The molecule has 9 aromatic carbocycles. The first-order chi connectivity index (χ1) is 31.3. The Morgan fingerprint density at radius 1 is 0.349 bits per heavy atom. The highest BCUT2D eigenvalue weighted by Gasteiger charge is 2.52. The van der Waals surface area contributed by atoms with Crippen LogP contribution in [0.25, 0.3) is 88.9 Å². The molecular weight excluding hydrogens is 781 g/mol. The molecule has 63 heavy (non-hydrogen) atoms. The molecule has 4 heterocycles. The molecule has 0 saturated carbocycles. The SMILES string of the molecule is c1ccc(-c2nc(-c3ccccc3)c3c(n2)-c2ccc(-n4c5ccccc5c5c6c7ccccc7n(-c7ccccc7)c6ccc54)cc2[Si]3(c2ccccc2)c2ccccc2)cc1. The Bertz CT molecular complexity index is 3670. The fraction of sp³-hybridized carbons (Fsp3) is 0. The topological polar surface area (TPSA) is 35.6 Å². The van der Waals surface area contributed by atoms with Gasteiger partial charge in [-0.1, -0.05) is 182 Å². The van der Waals surface area contributed by atoms with Crippen LogP contribution in [-0.4, -0.2) is 27.2 Å². The summed E-state index contributed by atoms with van der Waals surface area (Å²) in [6, 6.07) is 83.9. The van der Waals surface area contributed by atoms with Gasteiger partial charge in [-0.3, -0.25) is 0 Å². The molecule has 12 aromatic rings. The third-order valence-corrected chi connectivity index (χ3v) is 18.0. The number of benzene rings is 9. The average Bonchev–Trinajstić information content (AvgIpc) is 3.99. The van der Waals surface area contributed by atoms with Crippen molar-refractivity contribution in [3.05, 3.63) is 231 Å².